The van der Waals surface area contributed by atoms with E-state index in [1.54, 1.807) is 0 Å². The van der Waals surface area contributed by atoms with Crippen LogP contribution in [-0.4, -0.2) is 31.2 Å². The van der Waals surface area contributed by atoms with E-state index in [-0.39, 0.29) is 12.4 Å². The van der Waals surface area contributed by atoms with Crippen molar-refractivity contribution in [3.63, 3.8) is 0 Å². The minimum absolute atomic E-state index is 0. The predicted octanol–water partition coefficient (Wildman–Crippen LogP) is -1.34. The average molecular weight is 164 g/mol. The molecule has 0 bridgehead atoms. The van der Waals surface area contributed by atoms with Crippen molar-refractivity contribution in [1.29, 1.82) is 0 Å². The third kappa shape index (κ3) is 3.91. The Labute approximate surface area is 70.7 Å². The summed E-state index contributed by atoms with van der Waals surface area (Å²) in [6.07, 6.45) is 1.99. The van der Waals surface area contributed by atoms with E-state index >= 15 is 0 Å². The van der Waals surface area contributed by atoms with Gasteiger partial charge in [0.05, 0.1) is 26.7 Å². The molecule has 0 aliphatic heterocycles. The molecule has 0 aliphatic carbocycles. The standard InChI is InChI=1S/C8H18N.ClH/c1-5-8-9(4,6-2)7-3;/h5H,1,6-8H2,2-4H3;1H/q+1;/p-1. The first kappa shape index (κ1) is 12.6. The first-order valence-electron chi connectivity index (χ1n) is 3.63. The lowest BCUT2D eigenvalue weighted by atomic mass is 10.4. The van der Waals surface area contributed by atoms with Crippen LogP contribution in [-0.2, 0) is 0 Å². The molecule has 0 unspecified atom stereocenters. The maximum Gasteiger partial charge on any atom is 0.0968 e. The van der Waals surface area contributed by atoms with Gasteiger partial charge in [0.2, 0.25) is 0 Å². The van der Waals surface area contributed by atoms with Crippen molar-refractivity contribution in [2.24, 2.45) is 0 Å². The van der Waals surface area contributed by atoms with Gasteiger partial charge in [-0.25, -0.2) is 0 Å². The number of likely N-dealkylation sites (N-methyl/N-ethyl adjacent to an activating group) is 1. The fourth-order valence-corrected chi connectivity index (χ4v) is 0.793. The second kappa shape index (κ2) is 5.75. The fourth-order valence-electron chi connectivity index (χ4n) is 0.793. The molecule has 0 aromatic heterocycles. The summed E-state index contributed by atoms with van der Waals surface area (Å²) in [4.78, 5) is 0. The third-order valence-corrected chi connectivity index (χ3v) is 2.10. The Kier molecular flexibility index (Phi) is 7.27. The maximum absolute atomic E-state index is 3.73. The zero-order valence-electron chi connectivity index (χ0n) is 7.23. The van der Waals surface area contributed by atoms with Gasteiger partial charge in [-0.2, -0.15) is 0 Å². The van der Waals surface area contributed by atoms with Gasteiger partial charge in [-0.05, 0) is 19.9 Å². The van der Waals surface area contributed by atoms with E-state index in [1.165, 1.54) is 13.1 Å². The molecule has 0 atom stereocenters. The monoisotopic (exact) mass is 163 g/mol. The number of nitrogens with zero attached hydrogens (tertiary/aromatic N) is 1. The Morgan fingerprint density at radius 3 is 1.80 bits per heavy atom. The molecule has 2 heteroatoms. The van der Waals surface area contributed by atoms with Crippen LogP contribution >= 0.6 is 0 Å². The van der Waals surface area contributed by atoms with E-state index in [9.17, 15) is 0 Å². The van der Waals surface area contributed by atoms with Crippen LogP contribution in [0.1, 0.15) is 13.8 Å². The van der Waals surface area contributed by atoms with Crippen molar-refractivity contribution in [2.75, 3.05) is 26.7 Å². The summed E-state index contributed by atoms with van der Waals surface area (Å²) in [5, 5.41) is 0. The van der Waals surface area contributed by atoms with E-state index in [1.807, 2.05) is 6.08 Å². The number of quaternary nitrogens is 1. The summed E-state index contributed by atoms with van der Waals surface area (Å²) in [7, 11) is 2.25. The highest BCUT2D eigenvalue weighted by molar-refractivity contribution is 4.64. The highest BCUT2D eigenvalue weighted by Gasteiger charge is 2.12. The average Bonchev–Trinajstić information content (AvgIpc) is 1.89. The Hall–Kier alpha value is -0.0100. The normalized spacial score (nSPS) is 10.3. The Bertz CT molecular complexity index is 87.3. The van der Waals surface area contributed by atoms with Gasteiger partial charge >= 0.3 is 0 Å². The topological polar surface area (TPSA) is 0 Å². The second-order valence-corrected chi connectivity index (χ2v) is 2.72. The Morgan fingerprint density at radius 2 is 1.70 bits per heavy atom. The number of rotatable bonds is 4. The first-order chi connectivity index (χ1) is 4.18. The zero-order valence-corrected chi connectivity index (χ0v) is 7.99. The quantitative estimate of drug-likeness (QED) is 0.356. The van der Waals surface area contributed by atoms with E-state index in [4.69, 9.17) is 0 Å². The minimum Gasteiger partial charge on any atom is -1.00 e. The summed E-state index contributed by atoms with van der Waals surface area (Å²) in [5.74, 6) is 0. The van der Waals surface area contributed by atoms with E-state index in [0.29, 0.717) is 0 Å². The van der Waals surface area contributed by atoms with Crippen molar-refractivity contribution in [3.05, 3.63) is 12.7 Å². The van der Waals surface area contributed by atoms with E-state index in [2.05, 4.69) is 27.5 Å². The maximum atomic E-state index is 3.73. The summed E-state index contributed by atoms with van der Waals surface area (Å²) in [6, 6.07) is 0. The van der Waals surface area contributed by atoms with Crippen LogP contribution in [0.2, 0.25) is 0 Å². The lowest BCUT2D eigenvalue weighted by Crippen LogP contribution is -3.00. The smallest absolute Gasteiger partial charge is 0.0968 e. The molecule has 0 spiro atoms. The molecule has 0 aliphatic rings. The zero-order chi connectivity index (χ0) is 7.33. The molecule has 0 radical (unpaired) electrons. The summed E-state index contributed by atoms with van der Waals surface area (Å²) in [6.45, 7) is 11.6. The third-order valence-electron chi connectivity index (χ3n) is 2.10. The molecular weight excluding hydrogens is 146 g/mol. The molecule has 0 aromatic rings. The van der Waals surface area contributed by atoms with Gasteiger partial charge in [0.25, 0.3) is 0 Å². The molecule has 0 saturated carbocycles. The van der Waals surface area contributed by atoms with Gasteiger partial charge in [0.15, 0.2) is 0 Å². The highest BCUT2D eigenvalue weighted by Crippen LogP contribution is 1.99. The van der Waals surface area contributed by atoms with Crippen LogP contribution in [0.3, 0.4) is 0 Å². The molecule has 0 rings (SSSR count). The van der Waals surface area contributed by atoms with Crippen molar-refractivity contribution >= 4 is 0 Å². The second-order valence-electron chi connectivity index (χ2n) is 2.72. The molecule has 62 valence electrons. The summed E-state index contributed by atoms with van der Waals surface area (Å²) >= 11 is 0. The lowest BCUT2D eigenvalue weighted by Gasteiger charge is -2.30. The predicted molar refractivity (Wildman–Crippen MR) is 42.3 cm³/mol. The number of hydrogen-bond acceptors (Lipinski definition) is 0. The number of halogens is 1. The molecule has 0 fully saturated rings. The molecule has 0 saturated heterocycles. The van der Waals surface area contributed by atoms with Crippen LogP contribution in [0.5, 0.6) is 0 Å². The Balaban J connectivity index is 0. The molecule has 0 heterocycles. The van der Waals surface area contributed by atoms with E-state index in [0.717, 1.165) is 11.0 Å². The number of hydrogen-bond donors (Lipinski definition) is 0. The van der Waals surface area contributed by atoms with Crippen LogP contribution in [0.15, 0.2) is 12.7 Å². The molecule has 1 nitrogen and oxygen atoms in total. The van der Waals surface area contributed by atoms with Crippen LogP contribution in [0, 0.1) is 0 Å². The van der Waals surface area contributed by atoms with Crippen LogP contribution < -0.4 is 12.4 Å². The van der Waals surface area contributed by atoms with Crippen molar-refractivity contribution in [1.82, 2.24) is 0 Å². The summed E-state index contributed by atoms with van der Waals surface area (Å²) in [5.41, 5.74) is 0. The van der Waals surface area contributed by atoms with Gasteiger partial charge in [-0.15, -0.1) is 0 Å². The molecule has 0 amide bonds. The van der Waals surface area contributed by atoms with Gasteiger partial charge in [-0.3, -0.25) is 0 Å². The van der Waals surface area contributed by atoms with Gasteiger partial charge < -0.3 is 16.9 Å². The van der Waals surface area contributed by atoms with Gasteiger partial charge in [-0.1, -0.05) is 6.58 Å². The van der Waals surface area contributed by atoms with Gasteiger partial charge in [0.1, 0.15) is 0 Å². The lowest BCUT2D eigenvalue weighted by molar-refractivity contribution is -0.900. The van der Waals surface area contributed by atoms with Crippen molar-refractivity contribution < 1.29 is 16.9 Å². The molecule has 10 heavy (non-hydrogen) atoms. The van der Waals surface area contributed by atoms with Gasteiger partial charge in [0, 0.05) is 0 Å². The largest absolute Gasteiger partial charge is 1.00 e. The van der Waals surface area contributed by atoms with Crippen LogP contribution in [0.25, 0.3) is 0 Å². The minimum atomic E-state index is 0. The van der Waals surface area contributed by atoms with Crippen molar-refractivity contribution in [2.45, 2.75) is 13.8 Å². The summed E-state index contributed by atoms with van der Waals surface area (Å²) < 4.78 is 1.11. The SMILES string of the molecule is C=CC[N+](C)(CC)CC.[Cl-]. The molecule has 0 aromatic carbocycles. The fraction of sp³-hybridized carbons (Fsp3) is 0.750. The highest BCUT2D eigenvalue weighted by atomic mass is 35.5. The van der Waals surface area contributed by atoms with Crippen LogP contribution in [0.4, 0.5) is 0 Å². The first-order valence-corrected chi connectivity index (χ1v) is 3.63. The van der Waals surface area contributed by atoms with E-state index < -0.39 is 0 Å². The van der Waals surface area contributed by atoms with Crippen molar-refractivity contribution in [3.8, 4) is 0 Å². The molecule has 0 N–H and O–H groups in total. The Morgan fingerprint density at radius 1 is 1.30 bits per heavy atom. The molecular formula is C8H18ClN.